The molecule has 2 rings (SSSR count). The molecule has 0 aromatic carbocycles. The molecule has 6 heteroatoms. The highest BCUT2D eigenvalue weighted by Crippen LogP contribution is 2.28. The van der Waals surface area contributed by atoms with Gasteiger partial charge in [0.2, 0.25) is 5.28 Å². The maximum absolute atomic E-state index is 5.71. The lowest BCUT2D eigenvalue weighted by atomic mass is 10.4. The topological polar surface area (TPSA) is 43.6 Å². The Balaban J connectivity index is 2.73. The second kappa shape index (κ2) is 3.16. The lowest BCUT2D eigenvalue weighted by Gasteiger charge is -2.05. The average molecular weight is 215 g/mol. The number of fused-ring (bicyclic) bond motifs is 1. The summed E-state index contributed by atoms with van der Waals surface area (Å²) in [7, 11) is 1.87. The number of nitrogens with zero attached hydrogens (tertiary/aromatic N) is 4. The Morgan fingerprint density at radius 3 is 2.92 bits per heavy atom. The van der Waals surface area contributed by atoms with Crippen molar-refractivity contribution in [3.8, 4) is 11.5 Å². The molecule has 0 saturated carbocycles. The number of imidazole rings is 1. The first-order valence-electron chi connectivity index (χ1n) is 3.61. The fourth-order valence-corrected chi connectivity index (χ4v) is 1.75. The van der Waals surface area contributed by atoms with Crippen LogP contribution in [0.4, 0.5) is 0 Å². The Kier molecular flexibility index (Phi) is 2.13. The van der Waals surface area contributed by atoms with Gasteiger partial charge < -0.3 is 4.57 Å². The Labute approximate surface area is 84.7 Å². The Hall–Kier alpha value is -0.810. The summed E-state index contributed by atoms with van der Waals surface area (Å²) in [6.07, 6.45) is 3.66. The van der Waals surface area contributed by atoms with Gasteiger partial charge in [-0.2, -0.15) is 4.98 Å². The van der Waals surface area contributed by atoms with Crippen molar-refractivity contribution in [1.82, 2.24) is 19.5 Å². The molecule has 68 valence electrons. The predicted molar refractivity (Wildman–Crippen MR) is 52.2 cm³/mol. The van der Waals surface area contributed by atoms with Gasteiger partial charge in [-0.3, -0.25) is 0 Å². The maximum atomic E-state index is 5.71. The van der Waals surface area contributed by atoms with Crippen LogP contribution in [0.15, 0.2) is 11.4 Å². The fourth-order valence-electron chi connectivity index (χ4n) is 1.10. The van der Waals surface area contributed by atoms with Crippen molar-refractivity contribution in [3.05, 3.63) is 11.6 Å². The molecule has 2 heterocycles. The van der Waals surface area contributed by atoms with Crippen molar-refractivity contribution in [2.75, 3.05) is 6.26 Å². The van der Waals surface area contributed by atoms with Crippen LogP contribution in [0.1, 0.15) is 0 Å². The van der Waals surface area contributed by atoms with Gasteiger partial charge in [0, 0.05) is 7.05 Å². The largest absolute Gasteiger partial charge is 0.318 e. The minimum Gasteiger partial charge on any atom is -0.318 e. The van der Waals surface area contributed by atoms with E-state index in [4.69, 9.17) is 11.6 Å². The van der Waals surface area contributed by atoms with Crippen LogP contribution in [0.25, 0.3) is 11.5 Å². The van der Waals surface area contributed by atoms with Gasteiger partial charge >= 0.3 is 0 Å². The summed E-state index contributed by atoms with van der Waals surface area (Å²) in [4.78, 5) is 12.4. The van der Waals surface area contributed by atoms with Gasteiger partial charge in [-0.15, -0.1) is 11.8 Å². The third kappa shape index (κ3) is 1.38. The first-order valence-corrected chi connectivity index (χ1v) is 5.21. The van der Waals surface area contributed by atoms with E-state index in [1.54, 1.807) is 10.9 Å². The van der Waals surface area contributed by atoms with Gasteiger partial charge in [-0.1, -0.05) is 0 Å². The Bertz CT molecular complexity index is 413. The van der Waals surface area contributed by atoms with Gasteiger partial charge in [-0.05, 0) is 17.9 Å². The van der Waals surface area contributed by atoms with Crippen molar-refractivity contribution < 1.29 is 0 Å². The molecule has 4 nitrogen and oxygen atoms in total. The third-order valence-corrected chi connectivity index (χ3v) is 2.55. The minimum absolute atomic E-state index is 0.272. The minimum atomic E-state index is 0.272. The zero-order valence-corrected chi connectivity index (χ0v) is 8.72. The van der Waals surface area contributed by atoms with Crippen molar-refractivity contribution in [2.45, 2.75) is 5.03 Å². The van der Waals surface area contributed by atoms with Crippen LogP contribution in [0.5, 0.6) is 0 Å². The zero-order chi connectivity index (χ0) is 9.42. The normalized spacial score (nSPS) is 11.0. The molecule has 0 unspecified atom stereocenters. The number of halogens is 1. The van der Waals surface area contributed by atoms with E-state index in [1.807, 2.05) is 13.3 Å². The summed E-state index contributed by atoms with van der Waals surface area (Å²) in [5, 5.41) is 1.13. The Morgan fingerprint density at radius 2 is 2.23 bits per heavy atom. The van der Waals surface area contributed by atoms with Gasteiger partial charge in [-0.25, -0.2) is 9.97 Å². The molecule has 0 spiro atoms. The van der Waals surface area contributed by atoms with E-state index in [0.717, 1.165) is 16.5 Å². The van der Waals surface area contributed by atoms with E-state index in [0.29, 0.717) is 0 Å². The molecule has 0 aromatic rings. The highest BCUT2D eigenvalue weighted by Gasteiger charge is 2.16. The van der Waals surface area contributed by atoms with Crippen LogP contribution in [0.3, 0.4) is 0 Å². The molecule has 0 bridgehead atoms. The van der Waals surface area contributed by atoms with Crippen molar-refractivity contribution in [3.63, 3.8) is 0 Å². The van der Waals surface area contributed by atoms with Crippen molar-refractivity contribution >= 4 is 23.4 Å². The van der Waals surface area contributed by atoms with Gasteiger partial charge in [0.05, 0.1) is 6.33 Å². The number of aryl methyl sites for hydroxylation is 1. The van der Waals surface area contributed by atoms with Crippen LogP contribution < -0.4 is 0 Å². The summed E-state index contributed by atoms with van der Waals surface area (Å²) in [6.45, 7) is 0. The SMILES string of the molecule is CSc1ncn(C)c2nc(Cl)nc1-2. The van der Waals surface area contributed by atoms with Crippen molar-refractivity contribution in [1.29, 1.82) is 0 Å². The van der Waals surface area contributed by atoms with Crippen molar-refractivity contribution in [2.24, 2.45) is 7.05 Å². The van der Waals surface area contributed by atoms with Crippen LogP contribution in [0.2, 0.25) is 5.28 Å². The molecule has 0 amide bonds. The fraction of sp³-hybridized carbons (Fsp3) is 0.286. The number of thioether (sulfide) groups is 1. The molecule has 0 saturated heterocycles. The molecule has 0 aromatic heterocycles. The first kappa shape index (κ1) is 8.77. The second-order valence-electron chi connectivity index (χ2n) is 2.53. The number of aromatic nitrogens is 4. The average Bonchev–Trinajstić information content (AvgIpc) is 2.48. The summed E-state index contributed by atoms with van der Waals surface area (Å²) in [6, 6.07) is 0. The smallest absolute Gasteiger partial charge is 0.225 e. The maximum Gasteiger partial charge on any atom is 0.225 e. The highest BCUT2D eigenvalue weighted by atomic mass is 35.5. The molecule has 0 fully saturated rings. The van der Waals surface area contributed by atoms with E-state index in [1.165, 1.54) is 11.8 Å². The number of hydrogen-bond donors (Lipinski definition) is 0. The van der Waals surface area contributed by atoms with Gasteiger partial charge in [0.1, 0.15) is 10.7 Å². The Morgan fingerprint density at radius 1 is 1.46 bits per heavy atom. The van der Waals surface area contributed by atoms with E-state index in [2.05, 4.69) is 15.0 Å². The summed E-state index contributed by atoms with van der Waals surface area (Å²) in [5.74, 6) is 0.768. The highest BCUT2D eigenvalue weighted by molar-refractivity contribution is 7.98. The molecule has 2 aliphatic rings. The molecule has 0 aliphatic carbocycles. The summed E-state index contributed by atoms with van der Waals surface area (Å²) >= 11 is 7.25. The molecule has 0 radical (unpaired) electrons. The van der Waals surface area contributed by atoms with Gasteiger partial charge in [0.25, 0.3) is 0 Å². The number of rotatable bonds is 1. The van der Waals surface area contributed by atoms with Crippen LogP contribution in [-0.2, 0) is 7.05 Å². The molecule has 0 atom stereocenters. The molecule has 2 aliphatic heterocycles. The lowest BCUT2D eigenvalue weighted by Crippen LogP contribution is -2.00. The van der Waals surface area contributed by atoms with E-state index in [-0.39, 0.29) is 5.28 Å². The van der Waals surface area contributed by atoms with Crippen LogP contribution >= 0.6 is 23.4 Å². The van der Waals surface area contributed by atoms with Gasteiger partial charge in [0.15, 0.2) is 5.82 Å². The summed E-state index contributed by atoms with van der Waals surface area (Å²) in [5.41, 5.74) is 0.766. The molecule has 13 heavy (non-hydrogen) atoms. The molecular weight excluding hydrogens is 208 g/mol. The van der Waals surface area contributed by atoms with E-state index >= 15 is 0 Å². The monoisotopic (exact) mass is 214 g/mol. The first-order chi connectivity index (χ1) is 6.22. The standard InChI is InChI=1S/C7H7ClN4S/c1-12-3-9-6(13-2)4-5(12)11-7(8)10-4/h3H,1-2H3. The summed E-state index contributed by atoms with van der Waals surface area (Å²) < 4.78 is 1.80. The zero-order valence-electron chi connectivity index (χ0n) is 7.15. The van der Waals surface area contributed by atoms with E-state index in [9.17, 15) is 0 Å². The molecule has 0 N–H and O–H groups in total. The lowest BCUT2D eigenvalue weighted by molar-refractivity contribution is 0.823. The third-order valence-electron chi connectivity index (χ3n) is 1.69. The predicted octanol–water partition coefficient (Wildman–Crippen LogP) is 1.69. The number of hydrogen-bond acceptors (Lipinski definition) is 4. The van der Waals surface area contributed by atoms with Crippen LogP contribution in [0, 0.1) is 0 Å². The van der Waals surface area contributed by atoms with Crippen LogP contribution in [-0.4, -0.2) is 25.8 Å². The van der Waals surface area contributed by atoms with E-state index < -0.39 is 0 Å². The second-order valence-corrected chi connectivity index (χ2v) is 3.66. The molecular formula is C7H7ClN4S. The quantitative estimate of drug-likeness (QED) is 0.412.